The molecule has 1 aromatic rings. The Morgan fingerprint density at radius 2 is 1.96 bits per heavy atom. The van der Waals surface area contributed by atoms with Crippen molar-refractivity contribution in [3.05, 3.63) is 28.8 Å². The quantitative estimate of drug-likeness (QED) is 0.611. The van der Waals surface area contributed by atoms with Crippen LogP contribution in [0.4, 0.5) is 18.9 Å². The van der Waals surface area contributed by atoms with Crippen LogP contribution in [0.1, 0.15) is 18.9 Å². The monoisotopic (exact) mass is 352 g/mol. The molecule has 0 unspecified atom stereocenters. The molecule has 1 aromatic carbocycles. The number of alkyl halides is 3. The number of hydrogen-bond donors (Lipinski definition) is 2. The average molecular weight is 353 g/mol. The molecular weight excluding hydrogens is 337 g/mol. The molecule has 2 amide bonds. The highest BCUT2D eigenvalue weighted by Crippen LogP contribution is 2.36. The van der Waals surface area contributed by atoms with Crippen molar-refractivity contribution < 1.29 is 27.5 Å². The van der Waals surface area contributed by atoms with Gasteiger partial charge < -0.3 is 15.4 Å². The summed E-state index contributed by atoms with van der Waals surface area (Å²) in [7, 11) is 0. The molecule has 2 N–H and O–H groups in total. The van der Waals surface area contributed by atoms with E-state index in [0.717, 1.165) is 6.07 Å². The molecule has 0 aliphatic heterocycles. The van der Waals surface area contributed by atoms with Crippen LogP contribution in [0, 0.1) is 0 Å². The van der Waals surface area contributed by atoms with Gasteiger partial charge in [-0.25, -0.2) is 0 Å². The Morgan fingerprint density at radius 3 is 2.57 bits per heavy atom. The van der Waals surface area contributed by atoms with Gasteiger partial charge in [0, 0.05) is 24.8 Å². The molecule has 0 heterocycles. The van der Waals surface area contributed by atoms with Crippen LogP contribution in [0.5, 0.6) is 0 Å². The van der Waals surface area contributed by atoms with Crippen molar-refractivity contribution in [1.82, 2.24) is 5.32 Å². The largest absolute Gasteiger partial charge is 0.418 e. The van der Waals surface area contributed by atoms with Crippen LogP contribution in [-0.4, -0.2) is 31.6 Å². The van der Waals surface area contributed by atoms with Crippen LogP contribution in [-0.2, 0) is 20.5 Å². The zero-order chi connectivity index (χ0) is 17.5. The maximum atomic E-state index is 12.9. The standard InChI is InChI=1S/C14H16ClF3N2O3/c1-2-23-7-3-6-19-12(21)13(22)20-11-5-4-9(15)8-10(11)14(16,17)18/h4-5,8H,2-3,6-7H2,1H3,(H,19,21)(H,20,22). The van der Waals surface area contributed by atoms with E-state index >= 15 is 0 Å². The summed E-state index contributed by atoms with van der Waals surface area (Å²) in [5.41, 5.74) is -1.65. The van der Waals surface area contributed by atoms with Crippen LogP contribution >= 0.6 is 11.6 Å². The summed E-state index contributed by atoms with van der Waals surface area (Å²) in [5, 5.41) is 4.10. The third kappa shape index (κ3) is 6.45. The van der Waals surface area contributed by atoms with Gasteiger partial charge in [0.1, 0.15) is 0 Å². The van der Waals surface area contributed by atoms with Crippen molar-refractivity contribution in [2.75, 3.05) is 25.1 Å². The van der Waals surface area contributed by atoms with E-state index in [-0.39, 0.29) is 11.6 Å². The van der Waals surface area contributed by atoms with E-state index in [0.29, 0.717) is 25.7 Å². The Labute approximate surface area is 136 Å². The molecule has 128 valence electrons. The van der Waals surface area contributed by atoms with Crippen LogP contribution < -0.4 is 10.6 Å². The van der Waals surface area contributed by atoms with Gasteiger partial charge in [-0.15, -0.1) is 0 Å². The van der Waals surface area contributed by atoms with Crippen molar-refractivity contribution in [3.8, 4) is 0 Å². The molecular formula is C14H16ClF3N2O3. The Bertz CT molecular complexity index is 565. The molecule has 0 aliphatic rings. The third-order valence-electron chi connectivity index (χ3n) is 2.70. The second-order valence-electron chi connectivity index (χ2n) is 4.45. The molecule has 0 aliphatic carbocycles. The van der Waals surface area contributed by atoms with Gasteiger partial charge in [-0.3, -0.25) is 9.59 Å². The first-order valence-electron chi connectivity index (χ1n) is 6.79. The average Bonchev–Trinajstić information content (AvgIpc) is 2.47. The number of rotatable bonds is 6. The summed E-state index contributed by atoms with van der Waals surface area (Å²) in [6.45, 7) is 2.94. The normalized spacial score (nSPS) is 11.2. The van der Waals surface area contributed by atoms with E-state index in [4.69, 9.17) is 16.3 Å². The van der Waals surface area contributed by atoms with Crippen LogP contribution in [0.2, 0.25) is 5.02 Å². The summed E-state index contributed by atoms with van der Waals surface area (Å²) in [4.78, 5) is 23.2. The number of carbonyl (C=O) groups excluding carboxylic acids is 2. The minimum absolute atomic E-state index is 0.129. The lowest BCUT2D eigenvalue weighted by Gasteiger charge is -2.14. The minimum atomic E-state index is -4.71. The van der Waals surface area contributed by atoms with Gasteiger partial charge in [-0.05, 0) is 31.5 Å². The zero-order valence-corrected chi connectivity index (χ0v) is 13.1. The molecule has 0 saturated heterocycles. The van der Waals surface area contributed by atoms with E-state index in [1.165, 1.54) is 6.07 Å². The molecule has 0 aromatic heterocycles. The Morgan fingerprint density at radius 1 is 1.26 bits per heavy atom. The maximum absolute atomic E-state index is 12.9. The Hall–Kier alpha value is -1.80. The molecule has 0 saturated carbocycles. The molecule has 0 bridgehead atoms. The summed E-state index contributed by atoms with van der Waals surface area (Å²) in [5.74, 6) is -2.21. The SMILES string of the molecule is CCOCCCNC(=O)C(=O)Nc1ccc(Cl)cc1C(F)(F)F. The number of hydrogen-bond acceptors (Lipinski definition) is 3. The van der Waals surface area contributed by atoms with Crippen molar-refractivity contribution in [1.29, 1.82) is 0 Å². The number of carbonyl (C=O) groups is 2. The van der Waals surface area contributed by atoms with Crippen molar-refractivity contribution in [2.45, 2.75) is 19.5 Å². The minimum Gasteiger partial charge on any atom is -0.382 e. The lowest BCUT2D eigenvalue weighted by atomic mass is 10.1. The first kappa shape index (κ1) is 19.2. The summed E-state index contributed by atoms with van der Waals surface area (Å²) in [6, 6.07) is 2.86. The third-order valence-corrected chi connectivity index (χ3v) is 2.93. The predicted molar refractivity (Wildman–Crippen MR) is 79.2 cm³/mol. The Kier molecular flexibility index (Phi) is 7.31. The van der Waals surface area contributed by atoms with Gasteiger partial charge in [0.05, 0.1) is 11.3 Å². The molecule has 0 atom stereocenters. The lowest BCUT2D eigenvalue weighted by molar-refractivity contribution is -0.138. The van der Waals surface area contributed by atoms with Gasteiger partial charge >= 0.3 is 18.0 Å². The number of nitrogens with one attached hydrogen (secondary N) is 2. The second-order valence-corrected chi connectivity index (χ2v) is 4.88. The van der Waals surface area contributed by atoms with Crippen molar-refractivity contribution in [2.24, 2.45) is 0 Å². The number of benzene rings is 1. The molecule has 0 fully saturated rings. The fraction of sp³-hybridized carbons (Fsp3) is 0.429. The van der Waals surface area contributed by atoms with E-state index in [1.807, 2.05) is 12.2 Å². The van der Waals surface area contributed by atoms with E-state index in [2.05, 4.69) is 5.32 Å². The number of ether oxygens (including phenoxy) is 1. The van der Waals surface area contributed by atoms with E-state index < -0.39 is 29.2 Å². The van der Waals surface area contributed by atoms with Gasteiger partial charge in [-0.2, -0.15) is 13.2 Å². The van der Waals surface area contributed by atoms with Gasteiger partial charge in [-0.1, -0.05) is 11.6 Å². The summed E-state index contributed by atoms with van der Waals surface area (Å²) in [6.07, 6.45) is -4.22. The van der Waals surface area contributed by atoms with Gasteiger partial charge in [0.25, 0.3) is 0 Å². The number of halogens is 4. The molecule has 0 spiro atoms. The molecule has 9 heteroatoms. The number of anilines is 1. The van der Waals surface area contributed by atoms with Crippen LogP contribution in [0.25, 0.3) is 0 Å². The molecule has 1 rings (SSSR count). The van der Waals surface area contributed by atoms with E-state index in [9.17, 15) is 22.8 Å². The summed E-state index contributed by atoms with van der Waals surface area (Å²) < 4.78 is 43.7. The first-order chi connectivity index (χ1) is 10.8. The van der Waals surface area contributed by atoms with Crippen LogP contribution in [0.15, 0.2) is 18.2 Å². The topological polar surface area (TPSA) is 67.4 Å². The first-order valence-corrected chi connectivity index (χ1v) is 7.17. The maximum Gasteiger partial charge on any atom is 0.418 e. The van der Waals surface area contributed by atoms with Crippen molar-refractivity contribution in [3.63, 3.8) is 0 Å². The molecule has 23 heavy (non-hydrogen) atoms. The molecule has 5 nitrogen and oxygen atoms in total. The van der Waals surface area contributed by atoms with Crippen molar-refractivity contribution >= 4 is 29.1 Å². The van der Waals surface area contributed by atoms with Gasteiger partial charge in [0.15, 0.2) is 0 Å². The Balaban J connectivity index is 2.65. The summed E-state index contributed by atoms with van der Waals surface area (Å²) >= 11 is 5.53. The smallest absolute Gasteiger partial charge is 0.382 e. The number of amides is 2. The van der Waals surface area contributed by atoms with E-state index in [1.54, 1.807) is 0 Å². The van der Waals surface area contributed by atoms with Crippen LogP contribution in [0.3, 0.4) is 0 Å². The highest BCUT2D eigenvalue weighted by atomic mass is 35.5. The zero-order valence-electron chi connectivity index (χ0n) is 12.3. The van der Waals surface area contributed by atoms with Gasteiger partial charge in [0.2, 0.25) is 0 Å². The lowest BCUT2D eigenvalue weighted by Crippen LogP contribution is -2.36. The molecule has 0 radical (unpaired) electrons. The second kappa shape index (κ2) is 8.73. The fourth-order valence-corrected chi connectivity index (χ4v) is 1.81. The predicted octanol–water partition coefficient (Wildman–Crippen LogP) is 2.84. The highest BCUT2D eigenvalue weighted by molar-refractivity contribution is 6.39. The fourth-order valence-electron chi connectivity index (χ4n) is 1.64. The highest BCUT2D eigenvalue weighted by Gasteiger charge is 2.34.